The SMILES string of the molecule is C=C(/C=C(\C)C1=CCCOCCC1)C(N=C(N)N1CCOCC1)=C(C=N)C=NC. The fourth-order valence-electron chi connectivity index (χ4n) is 3.27. The number of morpholine rings is 1. The molecule has 0 bridgehead atoms. The van der Waals surface area contributed by atoms with Crippen molar-refractivity contribution < 1.29 is 9.47 Å². The average molecular weight is 400 g/mol. The van der Waals surface area contributed by atoms with Crippen LogP contribution in [0.2, 0.25) is 0 Å². The van der Waals surface area contributed by atoms with E-state index in [9.17, 15) is 0 Å². The molecule has 0 atom stereocenters. The van der Waals surface area contributed by atoms with Crippen molar-refractivity contribution in [3.05, 3.63) is 46.7 Å². The summed E-state index contributed by atoms with van der Waals surface area (Å²) in [5.74, 6) is 0.404. The largest absolute Gasteiger partial charge is 0.381 e. The highest BCUT2D eigenvalue weighted by molar-refractivity contribution is 6.05. The molecule has 0 aromatic heterocycles. The third kappa shape index (κ3) is 7.11. The zero-order valence-corrected chi connectivity index (χ0v) is 17.6. The van der Waals surface area contributed by atoms with Crippen molar-refractivity contribution in [2.75, 3.05) is 46.6 Å². The number of allylic oxidation sites excluding steroid dienone is 4. The minimum absolute atomic E-state index is 0.404. The summed E-state index contributed by atoms with van der Waals surface area (Å²) in [6.07, 6.45) is 9.99. The molecular weight excluding hydrogens is 366 g/mol. The van der Waals surface area contributed by atoms with Gasteiger partial charge in [0.05, 0.1) is 25.5 Å². The van der Waals surface area contributed by atoms with Crippen LogP contribution in [0.5, 0.6) is 0 Å². The Morgan fingerprint density at radius 1 is 1.24 bits per heavy atom. The predicted molar refractivity (Wildman–Crippen MR) is 120 cm³/mol. The van der Waals surface area contributed by atoms with Gasteiger partial charge in [-0.05, 0) is 42.9 Å². The van der Waals surface area contributed by atoms with Crippen molar-refractivity contribution in [2.24, 2.45) is 15.7 Å². The van der Waals surface area contributed by atoms with Crippen LogP contribution in [0.4, 0.5) is 0 Å². The normalized spacial score (nSPS) is 20.6. The fourth-order valence-corrected chi connectivity index (χ4v) is 3.27. The Morgan fingerprint density at radius 3 is 2.66 bits per heavy atom. The fraction of sp³-hybridized carbons (Fsp3) is 0.500. The molecule has 0 radical (unpaired) electrons. The number of nitrogens with two attached hydrogens (primary N) is 1. The molecule has 2 rings (SSSR count). The Labute approximate surface area is 173 Å². The van der Waals surface area contributed by atoms with Gasteiger partial charge in [0.15, 0.2) is 5.96 Å². The summed E-state index contributed by atoms with van der Waals surface area (Å²) in [5, 5.41) is 7.80. The van der Waals surface area contributed by atoms with Gasteiger partial charge in [-0.2, -0.15) is 0 Å². The molecule has 0 aromatic carbocycles. The van der Waals surface area contributed by atoms with E-state index in [2.05, 4.69) is 29.6 Å². The van der Waals surface area contributed by atoms with Crippen LogP contribution in [0, 0.1) is 5.41 Å². The van der Waals surface area contributed by atoms with Gasteiger partial charge in [-0.25, -0.2) is 4.99 Å². The minimum Gasteiger partial charge on any atom is -0.381 e. The number of hydrogen-bond acceptors (Lipinski definition) is 5. The van der Waals surface area contributed by atoms with E-state index in [0.29, 0.717) is 49.1 Å². The van der Waals surface area contributed by atoms with Crippen molar-refractivity contribution in [1.82, 2.24) is 4.90 Å². The van der Waals surface area contributed by atoms with Gasteiger partial charge in [0.1, 0.15) is 0 Å². The molecule has 7 nitrogen and oxygen atoms in total. The number of hydrogen-bond donors (Lipinski definition) is 2. The van der Waals surface area contributed by atoms with Crippen LogP contribution in [-0.4, -0.2) is 69.9 Å². The Balaban J connectivity index is 2.34. The summed E-state index contributed by atoms with van der Waals surface area (Å²) in [6, 6.07) is 0. The van der Waals surface area contributed by atoms with Gasteiger partial charge < -0.3 is 25.5 Å². The Hall–Kier alpha value is -2.51. The molecule has 0 spiro atoms. The van der Waals surface area contributed by atoms with Crippen LogP contribution in [-0.2, 0) is 9.47 Å². The second-order valence-corrected chi connectivity index (χ2v) is 6.99. The Morgan fingerprint density at radius 2 is 1.97 bits per heavy atom. The van der Waals surface area contributed by atoms with Crippen LogP contribution < -0.4 is 5.73 Å². The lowest BCUT2D eigenvalue weighted by atomic mass is 9.97. The van der Waals surface area contributed by atoms with Gasteiger partial charge >= 0.3 is 0 Å². The molecule has 0 saturated carbocycles. The second-order valence-electron chi connectivity index (χ2n) is 6.99. The third-order valence-electron chi connectivity index (χ3n) is 4.85. The quantitative estimate of drug-likeness (QED) is 0.408. The molecule has 0 aliphatic carbocycles. The lowest BCUT2D eigenvalue weighted by Gasteiger charge is -2.27. The molecule has 2 aliphatic rings. The van der Waals surface area contributed by atoms with Crippen molar-refractivity contribution >= 4 is 18.4 Å². The number of aliphatic imine (C=N–C) groups is 2. The molecule has 1 saturated heterocycles. The summed E-state index contributed by atoms with van der Waals surface area (Å²) >= 11 is 0. The van der Waals surface area contributed by atoms with Gasteiger partial charge in [-0.1, -0.05) is 18.7 Å². The molecule has 2 aliphatic heterocycles. The standard InChI is InChI=1S/C22H33N5O2/c1-17(19-6-4-10-28-11-5-7-19)14-18(2)21(20(15-23)16-25-3)26-22(24)27-8-12-29-13-9-27/h6,14-16,23H,2,4-5,7-13H2,1,3H3,(H2,24,26)/b17-14+,19-6?,21-20?,23-15?,25-16?. The second kappa shape index (κ2) is 12.1. The summed E-state index contributed by atoms with van der Waals surface area (Å²) in [7, 11) is 1.67. The first kappa shape index (κ1) is 22.8. The molecule has 7 heteroatoms. The molecule has 2 heterocycles. The first-order valence-electron chi connectivity index (χ1n) is 10.0. The van der Waals surface area contributed by atoms with E-state index in [1.807, 2.05) is 11.0 Å². The van der Waals surface area contributed by atoms with Crippen LogP contribution in [0.15, 0.2) is 56.7 Å². The van der Waals surface area contributed by atoms with Gasteiger partial charge in [-0.15, -0.1) is 0 Å². The number of nitrogens with zero attached hydrogens (tertiary/aromatic N) is 3. The van der Waals surface area contributed by atoms with Gasteiger partial charge in [-0.3, -0.25) is 4.99 Å². The molecular formula is C22H33N5O2. The van der Waals surface area contributed by atoms with Crippen LogP contribution in [0.25, 0.3) is 0 Å². The van der Waals surface area contributed by atoms with Crippen LogP contribution >= 0.6 is 0 Å². The Kier molecular flexibility index (Phi) is 9.53. The van der Waals surface area contributed by atoms with E-state index in [0.717, 1.165) is 38.0 Å². The maximum absolute atomic E-state index is 7.80. The van der Waals surface area contributed by atoms with Crippen LogP contribution in [0.1, 0.15) is 26.2 Å². The van der Waals surface area contributed by atoms with E-state index in [1.165, 1.54) is 11.8 Å². The lowest BCUT2D eigenvalue weighted by Crippen LogP contribution is -2.44. The smallest absolute Gasteiger partial charge is 0.196 e. The molecule has 0 amide bonds. The number of guanidine groups is 1. The highest BCUT2D eigenvalue weighted by atomic mass is 16.5. The highest BCUT2D eigenvalue weighted by Gasteiger charge is 2.15. The molecule has 0 unspecified atom stereocenters. The summed E-state index contributed by atoms with van der Waals surface area (Å²) in [6.45, 7) is 10.5. The Bertz CT molecular complexity index is 740. The monoisotopic (exact) mass is 399 g/mol. The minimum atomic E-state index is 0.404. The molecule has 0 aromatic rings. The highest BCUT2D eigenvalue weighted by Crippen LogP contribution is 2.23. The molecule has 158 valence electrons. The molecule has 3 N–H and O–H groups in total. The van der Waals surface area contributed by atoms with Crippen molar-refractivity contribution in [1.29, 1.82) is 5.41 Å². The van der Waals surface area contributed by atoms with Crippen molar-refractivity contribution in [3.8, 4) is 0 Å². The first-order valence-corrected chi connectivity index (χ1v) is 10.0. The summed E-state index contributed by atoms with van der Waals surface area (Å²) in [4.78, 5) is 10.7. The van der Waals surface area contributed by atoms with E-state index in [-0.39, 0.29) is 0 Å². The molecule has 29 heavy (non-hydrogen) atoms. The van der Waals surface area contributed by atoms with E-state index < -0.39 is 0 Å². The van der Waals surface area contributed by atoms with E-state index >= 15 is 0 Å². The first-order chi connectivity index (χ1) is 14.1. The van der Waals surface area contributed by atoms with Gasteiger partial charge in [0.2, 0.25) is 0 Å². The maximum Gasteiger partial charge on any atom is 0.196 e. The van der Waals surface area contributed by atoms with Crippen molar-refractivity contribution in [3.63, 3.8) is 0 Å². The number of rotatable bonds is 6. The zero-order valence-electron chi connectivity index (χ0n) is 17.6. The topological polar surface area (TPSA) is 96.3 Å². The van der Waals surface area contributed by atoms with E-state index in [1.54, 1.807) is 13.3 Å². The maximum atomic E-state index is 7.80. The summed E-state index contributed by atoms with van der Waals surface area (Å²) in [5.41, 5.74) is 10.5. The number of ether oxygens (including phenoxy) is 2. The number of nitrogens with one attached hydrogen (secondary N) is 1. The molecule has 1 fully saturated rings. The zero-order chi connectivity index (χ0) is 21.1. The van der Waals surface area contributed by atoms with Gasteiger partial charge in [0.25, 0.3) is 0 Å². The van der Waals surface area contributed by atoms with Gasteiger partial charge in [0, 0.05) is 44.7 Å². The average Bonchev–Trinajstić information content (AvgIpc) is 2.70. The van der Waals surface area contributed by atoms with Crippen molar-refractivity contribution in [2.45, 2.75) is 26.2 Å². The van der Waals surface area contributed by atoms with E-state index in [4.69, 9.17) is 20.6 Å². The third-order valence-corrected chi connectivity index (χ3v) is 4.85. The predicted octanol–water partition coefficient (Wildman–Crippen LogP) is 2.87. The summed E-state index contributed by atoms with van der Waals surface area (Å²) < 4.78 is 10.9. The lowest BCUT2D eigenvalue weighted by molar-refractivity contribution is 0.0675. The van der Waals surface area contributed by atoms with Crippen LogP contribution in [0.3, 0.4) is 0 Å².